The van der Waals surface area contributed by atoms with Crippen LogP contribution < -0.4 is 5.32 Å². The van der Waals surface area contributed by atoms with Crippen molar-refractivity contribution < 1.29 is 4.79 Å². The number of piperidine rings is 2. The molecular formula is C24H27N7O. The van der Waals surface area contributed by atoms with Gasteiger partial charge in [-0.15, -0.1) is 10.2 Å². The maximum atomic E-state index is 13.4. The number of tetrazole rings is 1. The van der Waals surface area contributed by atoms with Crippen molar-refractivity contribution in [2.45, 2.75) is 11.5 Å². The summed E-state index contributed by atoms with van der Waals surface area (Å²) in [5, 5.41) is 15.6. The second-order valence-corrected chi connectivity index (χ2v) is 9.38. The number of hydrogen-bond donors (Lipinski definition) is 1. The zero-order chi connectivity index (χ0) is 21.7. The fourth-order valence-corrected chi connectivity index (χ4v) is 5.96. The van der Waals surface area contributed by atoms with Crippen LogP contribution in [0.1, 0.15) is 15.9 Å². The molecule has 4 aliphatic rings. The third kappa shape index (κ3) is 3.22. The molecule has 2 aromatic carbocycles. The summed E-state index contributed by atoms with van der Waals surface area (Å²) in [6.07, 6.45) is 0. The lowest BCUT2D eigenvalue weighted by Crippen LogP contribution is -2.70. The van der Waals surface area contributed by atoms with Gasteiger partial charge in [-0.05, 0) is 22.9 Å². The highest BCUT2D eigenvalue weighted by Gasteiger charge is 2.55. The minimum atomic E-state index is -0.0852. The summed E-state index contributed by atoms with van der Waals surface area (Å²) in [5.41, 5.74) is 2.75. The number of hydrogen-bond acceptors (Lipinski definition) is 6. The Morgan fingerprint density at radius 1 is 1.00 bits per heavy atom. The van der Waals surface area contributed by atoms with Crippen molar-refractivity contribution in [1.29, 1.82) is 0 Å². The van der Waals surface area contributed by atoms with Crippen LogP contribution in [0.5, 0.6) is 0 Å². The minimum Gasteiger partial charge on any atom is -0.348 e. The zero-order valence-electron chi connectivity index (χ0n) is 18.2. The summed E-state index contributed by atoms with van der Waals surface area (Å²) in [4.78, 5) is 20.0. The van der Waals surface area contributed by atoms with Crippen LogP contribution in [0.2, 0.25) is 0 Å². The Morgan fingerprint density at radius 3 is 2.31 bits per heavy atom. The Labute approximate surface area is 187 Å². The molecule has 164 valence electrons. The van der Waals surface area contributed by atoms with Gasteiger partial charge >= 0.3 is 0 Å². The molecule has 3 atom stereocenters. The third-order valence-electron chi connectivity index (χ3n) is 7.35. The molecule has 7 rings (SSSR count). The molecule has 1 amide bonds. The van der Waals surface area contributed by atoms with Crippen LogP contribution in [-0.2, 0) is 12.5 Å². The highest BCUT2D eigenvalue weighted by Crippen LogP contribution is 2.43. The quantitative estimate of drug-likeness (QED) is 0.671. The predicted octanol–water partition coefficient (Wildman–Crippen LogP) is 1.17. The van der Waals surface area contributed by atoms with E-state index in [0.29, 0.717) is 17.3 Å². The lowest BCUT2D eigenvalue weighted by Gasteiger charge is -2.55. The smallest absolute Gasteiger partial charge is 0.251 e. The number of amides is 1. The Hall–Kier alpha value is -3.10. The van der Waals surface area contributed by atoms with E-state index >= 15 is 0 Å². The second-order valence-electron chi connectivity index (χ2n) is 9.38. The lowest BCUT2D eigenvalue weighted by atomic mass is 9.64. The van der Waals surface area contributed by atoms with Crippen LogP contribution in [0.4, 0.5) is 0 Å². The number of carbonyl (C=O) groups is 1. The first-order valence-corrected chi connectivity index (χ1v) is 11.3. The fourth-order valence-electron chi connectivity index (χ4n) is 5.96. The lowest BCUT2D eigenvalue weighted by molar-refractivity contribution is 0.0180. The molecule has 1 N–H and O–H groups in total. The van der Waals surface area contributed by atoms with Crippen LogP contribution in [0.15, 0.2) is 54.6 Å². The van der Waals surface area contributed by atoms with Crippen molar-refractivity contribution in [3.8, 4) is 11.4 Å². The molecule has 5 heterocycles. The summed E-state index contributed by atoms with van der Waals surface area (Å²) in [5.74, 6) is 0.968. The average Bonchev–Trinajstić information content (AvgIpc) is 3.10. The maximum absolute atomic E-state index is 13.4. The molecule has 4 aliphatic heterocycles. The van der Waals surface area contributed by atoms with Gasteiger partial charge in [0.1, 0.15) is 0 Å². The van der Waals surface area contributed by atoms with Crippen molar-refractivity contribution in [2.24, 2.45) is 13.0 Å². The van der Waals surface area contributed by atoms with Crippen LogP contribution in [0, 0.1) is 5.92 Å². The van der Waals surface area contributed by atoms with Crippen molar-refractivity contribution in [3.63, 3.8) is 0 Å². The summed E-state index contributed by atoms with van der Waals surface area (Å²) in [6, 6.07) is 18.4. The van der Waals surface area contributed by atoms with Crippen LogP contribution in [0.25, 0.3) is 11.4 Å². The van der Waals surface area contributed by atoms with Crippen molar-refractivity contribution in [2.75, 3.05) is 39.3 Å². The minimum absolute atomic E-state index is 0.0138. The van der Waals surface area contributed by atoms with Gasteiger partial charge < -0.3 is 15.1 Å². The van der Waals surface area contributed by atoms with E-state index in [-0.39, 0.29) is 17.4 Å². The van der Waals surface area contributed by atoms with Gasteiger partial charge in [0.25, 0.3) is 5.91 Å². The van der Waals surface area contributed by atoms with Crippen molar-refractivity contribution in [3.05, 3.63) is 65.7 Å². The molecule has 4 bridgehead atoms. The zero-order valence-corrected chi connectivity index (χ0v) is 18.2. The molecule has 0 saturated carbocycles. The highest BCUT2D eigenvalue weighted by atomic mass is 16.1. The molecule has 2 unspecified atom stereocenters. The van der Waals surface area contributed by atoms with E-state index in [4.69, 9.17) is 0 Å². The normalized spacial score (nSPS) is 30.8. The van der Waals surface area contributed by atoms with Gasteiger partial charge in [0.2, 0.25) is 5.82 Å². The highest BCUT2D eigenvalue weighted by molar-refractivity contribution is 5.95. The van der Waals surface area contributed by atoms with Crippen LogP contribution in [0.3, 0.4) is 0 Å². The Kier molecular flexibility index (Phi) is 4.58. The van der Waals surface area contributed by atoms with Gasteiger partial charge in [0, 0.05) is 67.8 Å². The number of fused-ring (bicyclic) bond motifs is 1. The summed E-state index contributed by atoms with van der Waals surface area (Å²) >= 11 is 0. The summed E-state index contributed by atoms with van der Waals surface area (Å²) < 4.78 is 0. The van der Waals surface area contributed by atoms with E-state index < -0.39 is 0 Å². The number of carbonyl (C=O) groups excluding carboxylic acids is 1. The summed E-state index contributed by atoms with van der Waals surface area (Å²) in [6.45, 7) is 6.31. The first kappa shape index (κ1) is 19.6. The second kappa shape index (κ2) is 7.50. The van der Waals surface area contributed by atoms with Crippen molar-refractivity contribution >= 4 is 5.91 Å². The third-order valence-corrected chi connectivity index (χ3v) is 7.35. The van der Waals surface area contributed by atoms with Gasteiger partial charge in [-0.25, -0.2) is 0 Å². The molecule has 0 aliphatic carbocycles. The van der Waals surface area contributed by atoms with Gasteiger partial charge in [0.15, 0.2) is 0 Å². The van der Waals surface area contributed by atoms with Crippen LogP contribution >= 0.6 is 0 Å². The van der Waals surface area contributed by atoms with Crippen molar-refractivity contribution in [1.82, 2.24) is 35.3 Å². The molecule has 0 radical (unpaired) electrons. The fraction of sp³-hybridized carbons (Fsp3) is 0.417. The SMILES string of the molecule is Cn1nnc(-c2ccc(C(=O)N[C@H]3C4CN5CCN(C4)CC3(c3ccccc3)C5)cc2)n1. The maximum Gasteiger partial charge on any atom is 0.251 e. The molecule has 32 heavy (non-hydrogen) atoms. The number of nitrogens with zero attached hydrogens (tertiary/aromatic N) is 6. The first-order valence-electron chi connectivity index (χ1n) is 11.3. The first-order chi connectivity index (χ1) is 15.6. The van der Waals surface area contributed by atoms with E-state index in [9.17, 15) is 4.79 Å². The van der Waals surface area contributed by atoms with E-state index in [1.807, 2.05) is 24.3 Å². The topological polar surface area (TPSA) is 79.2 Å². The van der Waals surface area contributed by atoms with Gasteiger partial charge in [0.05, 0.1) is 7.05 Å². The number of aryl methyl sites for hydroxylation is 1. The number of rotatable bonds is 4. The number of benzene rings is 2. The average molecular weight is 430 g/mol. The molecule has 0 spiro atoms. The molecule has 1 aromatic heterocycles. The number of aromatic nitrogens is 4. The molecule has 3 aromatic rings. The monoisotopic (exact) mass is 429 g/mol. The standard InChI is InChI=1S/C24H27N7O/c1-29-27-22(26-28-29)17-7-9-18(10-8-17)23(32)25-21-19-13-30-11-12-31(14-19)16-24(21,15-30)20-5-3-2-4-6-20/h2-10,19,21H,11-16H2,1H3,(H,25,32)/t19?,21-,24?/m0/s1. The van der Waals surface area contributed by atoms with E-state index in [1.165, 1.54) is 10.4 Å². The Balaban J connectivity index is 1.29. The number of nitrogens with one attached hydrogen (secondary N) is 1. The molecule has 8 nitrogen and oxygen atoms in total. The Morgan fingerprint density at radius 2 is 1.69 bits per heavy atom. The van der Waals surface area contributed by atoms with Crippen LogP contribution in [-0.4, -0.2) is 81.2 Å². The van der Waals surface area contributed by atoms with Gasteiger partial charge in [-0.3, -0.25) is 4.79 Å². The van der Waals surface area contributed by atoms with E-state index in [0.717, 1.165) is 44.8 Å². The molecule has 4 saturated heterocycles. The summed E-state index contributed by atoms with van der Waals surface area (Å²) in [7, 11) is 1.74. The molecule has 8 heteroatoms. The van der Waals surface area contributed by atoms with E-state index in [2.05, 4.69) is 60.9 Å². The van der Waals surface area contributed by atoms with Gasteiger partial charge in [-0.2, -0.15) is 4.80 Å². The Bertz CT molecular complexity index is 1110. The largest absolute Gasteiger partial charge is 0.348 e. The van der Waals surface area contributed by atoms with E-state index in [1.54, 1.807) is 7.05 Å². The predicted molar refractivity (Wildman–Crippen MR) is 120 cm³/mol. The van der Waals surface area contributed by atoms with Gasteiger partial charge in [-0.1, -0.05) is 42.5 Å². The molecule has 4 fully saturated rings. The molecular weight excluding hydrogens is 402 g/mol.